The van der Waals surface area contributed by atoms with Gasteiger partial charge in [0.1, 0.15) is 6.04 Å². The first-order valence-corrected chi connectivity index (χ1v) is 7.06. The second-order valence-electron chi connectivity index (χ2n) is 5.19. The highest BCUT2D eigenvalue weighted by Crippen LogP contribution is 2.27. The zero-order valence-electron chi connectivity index (χ0n) is 13.7. The fourth-order valence-electron chi connectivity index (χ4n) is 2.35. The number of hydrogen-bond donors (Lipinski definition) is 1. The fourth-order valence-corrected chi connectivity index (χ4v) is 2.35. The van der Waals surface area contributed by atoms with Crippen LogP contribution in [-0.4, -0.2) is 54.5 Å². The Morgan fingerprint density at radius 1 is 0.826 bits per heavy atom. The average Bonchev–Trinajstić information content (AvgIpc) is 2.36. The van der Waals surface area contributed by atoms with E-state index < -0.39 is 54.5 Å². The Hall–Kier alpha value is -2.16. The van der Waals surface area contributed by atoms with E-state index in [1.165, 1.54) is 20.8 Å². The number of rotatable bonds is 4. The molecule has 0 aliphatic carbocycles. The van der Waals surface area contributed by atoms with Crippen LogP contribution in [0.2, 0.25) is 0 Å². The highest BCUT2D eigenvalue weighted by Gasteiger charge is 2.50. The lowest BCUT2D eigenvalue weighted by Gasteiger charge is -2.43. The fraction of sp³-hybridized carbons (Fsp3) is 0.714. The maximum Gasteiger partial charge on any atom is 0.305 e. The van der Waals surface area contributed by atoms with E-state index in [4.69, 9.17) is 18.9 Å². The van der Waals surface area contributed by atoms with Gasteiger partial charge in [0.2, 0.25) is 12.2 Å². The molecule has 0 saturated carbocycles. The number of hydrogen-bond acceptors (Lipinski definition) is 8. The molecule has 1 N–H and O–H groups in total. The minimum Gasteiger partial charge on any atom is -0.457 e. The molecule has 1 heterocycles. The minimum atomic E-state index is -1.23. The van der Waals surface area contributed by atoms with Gasteiger partial charge in [0.05, 0.1) is 6.10 Å². The molecule has 23 heavy (non-hydrogen) atoms. The van der Waals surface area contributed by atoms with Crippen molar-refractivity contribution < 1.29 is 38.1 Å². The minimum absolute atomic E-state index is 0.431. The molecular weight excluding hydrogens is 310 g/mol. The zero-order chi connectivity index (χ0) is 17.7. The summed E-state index contributed by atoms with van der Waals surface area (Å²) in [5.74, 6) is -2.33. The molecule has 0 radical (unpaired) electrons. The number of nitrogens with one attached hydrogen (secondary N) is 1. The molecule has 1 aliphatic rings. The van der Waals surface area contributed by atoms with Crippen LogP contribution in [0.3, 0.4) is 0 Å². The van der Waals surface area contributed by atoms with Gasteiger partial charge in [-0.25, -0.2) is 0 Å². The van der Waals surface area contributed by atoms with Gasteiger partial charge in [-0.05, 0) is 6.92 Å². The standard InChI is InChI=1S/C14H21NO8/c1-6-12(21-8(3)17)11(15-7(2)16)13(22-9(4)18)14(20-6)23-10(5)19/h6,11-14H,1-5H3,(H,15,16)/t6-,11+,12-,13-,14+/m0/s1. The van der Waals surface area contributed by atoms with E-state index in [2.05, 4.69) is 5.32 Å². The molecule has 0 bridgehead atoms. The molecule has 0 aromatic heterocycles. The summed E-state index contributed by atoms with van der Waals surface area (Å²) in [6.45, 7) is 6.38. The van der Waals surface area contributed by atoms with Gasteiger partial charge in [-0.2, -0.15) is 0 Å². The summed E-state index contributed by atoms with van der Waals surface area (Å²) in [7, 11) is 0. The molecule has 1 saturated heterocycles. The predicted octanol–water partition coefficient (Wildman–Crippen LogP) is -0.338. The first-order valence-electron chi connectivity index (χ1n) is 7.06. The third-order valence-corrected chi connectivity index (χ3v) is 3.04. The summed E-state index contributed by atoms with van der Waals surface area (Å²) < 4.78 is 20.8. The smallest absolute Gasteiger partial charge is 0.305 e. The topological polar surface area (TPSA) is 117 Å². The molecule has 9 nitrogen and oxygen atoms in total. The van der Waals surface area contributed by atoms with Gasteiger partial charge in [0.25, 0.3) is 0 Å². The Balaban J connectivity index is 3.15. The Morgan fingerprint density at radius 2 is 1.30 bits per heavy atom. The molecule has 0 unspecified atom stereocenters. The van der Waals surface area contributed by atoms with E-state index in [0.29, 0.717) is 0 Å². The van der Waals surface area contributed by atoms with Crippen molar-refractivity contribution in [3.8, 4) is 0 Å². The third-order valence-electron chi connectivity index (χ3n) is 3.04. The van der Waals surface area contributed by atoms with Gasteiger partial charge < -0.3 is 24.3 Å². The summed E-state index contributed by atoms with van der Waals surface area (Å²) >= 11 is 0. The highest BCUT2D eigenvalue weighted by molar-refractivity contribution is 5.74. The van der Waals surface area contributed by atoms with Gasteiger partial charge in [-0.15, -0.1) is 0 Å². The van der Waals surface area contributed by atoms with Crippen molar-refractivity contribution in [1.82, 2.24) is 5.32 Å². The number of ether oxygens (including phenoxy) is 4. The normalized spacial score (nSPS) is 30.0. The molecule has 1 fully saturated rings. The van der Waals surface area contributed by atoms with Gasteiger partial charge in [0.15, 0.2) is 12.2 Å². The Kier molecular flexibility index (Phi) is 6.49. The quantitative estimate of drug-likeness (QED) is 0.549. The van der Waals surface area contributed by atoms with E-state index in [0.717, 1.165) is 6.92 Å². The van der Waals surface area contributed by atoms with Gasteiger partial charge >= 0.3 is 17.9 Å². The van der Waals surface area contributed by atoms with Crippen LogP contribution in [0.5, 0.6) is 0 Å². The number of carbonyl (C=O) groups excluding carboxylic acids is 4. The van der Waals surface area contributed by atoms with Crippen LogP contribution in [-0.2, 0) is 38.1 Å². The van der Waals surface area contributed by atoms with Crippen LogP contribution in [0.1, 0.15) is 34.6 Å². The first kappa shape index (κ1) is 18.9. The largest absolute Gasteiger partial charge is 0.457 e. The second-order valence-corrected chi connectivity index (χ2v) is 5.19. The number of amides is 1. The number of carbonyl (C=O) groups is 4. The summed E-state index contributed by atoms with van der Waals surface area (Å²) in [4.78, 5) is 45.3. The number of esters is 3. The Morgan fingerprint density at radius 3 is 1.74 bits per heavy atom. The van der Waals surface area contributed by atoms with E-state index in [-0.39, 0.29) is 0 Å². The van der Waals surface area contributed by atoms with Crippen LogP contribution >= 0.6 is 0 Å². The van der Waals surface area contributed by atoms with Crippen molar-refractivity contribution in [2.75, 3.05) is 0 Å². The molecule has 5 atom stereocenters. The van der Waals surface area contributed by atoms with Crippen LogP contribution in [0.25, 0.3) is 0 Å². The second kappa shape index (κ2) is 7.91. The summed E-state index contributed by atoms with van der Waals surface area (Å²) in [6, 6.07) is -0.923. The van der Waals surface area contributed by atoms with Crippen LogP contribution < -0.4 is 5.32 Å². The lowest BCUT2D eigenvalue weighted by atomic mass is 9.96. The zero-order valence-corrected chi connectivity index (χ0v) is 13.7. The van der Waals surface area contributed by atoms with Gasteiger partial charge in [-0.3, -0.25) is 19.2 Å². The third kappa shape index (κ3) is 5.51. The maximum absolute atomic E-state index is 11.5. The molecule has 1 amide bonds. The van der Waals surface area contributed by atoms with Crippen molar-refractivity contribution in [1.29, 1.82) is 0 Å². The van der Waals surface area contributed by atoms with E-state index >= 15 is 0 Å². The van der Waals surface area contributed by atoms with Crippen molar-refractivity contribution in [2.45, 2.75) is 65.3 Å². The highest BCUT2D eigenvalue weighted by atomic mass is 16.7. The molecular formula is C14H21NO8. The van der Waals surface area contributed by atoms with E-state index in [9.17, 15) is 19.2 Å². The van der Waals surface area contributed by atoms with Crippen molar-refractivity contribution >= 4 is 23.8 Å². The molecule has 1 rings (SSSR count). The summed E-state index contributed by atoms with van der Waals surface area (Å²) in [6.07, 6.45) is -3.99. The van der Waals surface area contributed by atoms with Crippen molar-refractivity contribution in [3.05, 3.63) is 0 Å². The Labute approximate surface area is 133 Å². The first-order chi connectivity index (χ1) is 10.6. The lowest BCUT2D eigenvalue weighted by molar-refractivity contribution is -0.269. The summed E-state index contributed by atoms with van der Waals surface area (Å²) in [5.41, 5.74) is 0. The van der Waals surface area contributed by atoms with Gasteiger partial charge in [0, 0.05) is 27.7 Å². The SMILES string of the molecule is CC(=O)N[C@H]1[C@H](OC(C)=O)[C@@H](OC(C)=O)O[C@@H](C)[C@@H]1OC(C)=O. The lowest BCUT2D eigenvalue weighted by Crippen LogP contribution is -2.65. The molecule has 0 spiro atoms. The van der Waals surface area contributed by atoms with Crippen molar-refractivity contribution in [3.63, 3.8) is 0 Å². The van der Waals surface area contributed by atoms with Crippen LogP contribution in [0.15, 0.2) is 0 Å². The molecule has 130 valence electrons. The molecule has 0 aromatic carbocycles. The maximum atomic E-state index is 11.5. The average molecular weight is 331 g/mol. The van der Waals surface area contributed by atoms with Crippen LogP contribution in [0, 0.1) is 0 Å². The van der Waals surface area contributed by atoms with E-state index in [1.807, 2.05) is 0 Å². The monoisotopic (exact) mass is 331 g/mol. The molecule has 9 heteroatoms. The van der Waals surface area contributed by atoms with E-state index in [1.54, 1.807) is 6.92 Å². The predicted molar refractivity (Wildman–Crippen MR) is 74.8 cm³/mol. The van der Waals surface area contributed by atoms with Gasteiger partial charge in [-0.1, -0.05) is 0 Å². The Bertz CT molecular complexity index is 491. The molecule has 0 aromatic rings. The summed E-state index contributed by atoms with van der Waals surface area (Å²) in [5, 5.41) is 2.56. The molecule has 1 aliphatic heterocycles. The van der Waals surface area contributed by atoms with Crippen molar-refractivity contribution in [2.24, 2.45) is 0 Å². The van der Waals surface area contributed by atoms with Crippen LogP contribution in [0.4, 0.5) is 0 Å².